The fourth-order valence-electron chi connectivity index (χ4n) is 2.26. The monoisotopic (exact) mass is 325 g/mol. The van der Waals surface area contributed by atoms with Crippen LogP contribution in [0.5, 0.6) is 0 Å². The molecular formula is C14H16ClN3O2S. The highest BCUT2D eigenvalue weighted by Crippen LogP contribution is 2.28. The molecule has 0 aliphatic carbocycles. The molecule has 5 nitrogen and oxygen atoms in total. The normalized spacial score (nSPS) is 17.0. The number of hydrogen-bond acceptors (Lipinski definition) is 5. The van der Waals surface area contributed by atoms with Crippen molar-refractivity contribution in [1.29, 1.82) is 0 Å². The summed E-state index contributed by atoms with van der Waals surface area (Å²) in [5.74, 6) is 0.0792. The molecule has 3 rings (SSSR count). The lowest BCUT2D eigenvalue weighted by Crippen LogP contribution is -2.46. The molecule has 1 aromatic heterocycles. The van der Waals surface area contributed by atoms with Crippen LogP contribution in [-0.4, -0.2) is 48.1 Å². The summed E-state index contributed by atoms with van der Waals surface area (Å²) in [5, 5.41) is 4.61. The Morgan fingerprint density at radius 1 is 1.48 bits per heavy atom. The van der Waals surface area contributed by atoms with Crippen molar-refractivity contribution in [1.82, 2.24) is 9.88 Å². The van der Waals surface area contributed by atoms with Crippen LogP contribution >= 0.6 is 22.9 Å². The average molecular weight is 326 g/mol. The molecule has 7 heteroatoms. The van der Waals surface area contributed by atoms with Crippen LogP contribution in [0.1, 0.15) is 6.92 Å². The Labute approximate surface area is 131 Å². The van der Waals surface area contributed by atoms with Crippen molar-refractivity contribution in [3.8, 4) is 0 Å². The summed E-state index contributed by atoms with van der Waals surface area (Å²) in [7, 11) is 0. The molecule has 21 heavy (non-hydrogen) atoms. The number of carbonyl (C=O) groups is 1. The van der Waals surface area contributed by atoms with E-state index in [4.69, 9.17) is 16.3 Å². The van der Waals surface area contributed by atoms with E-state index in [0.717, 1.165) is 15.3 Å². The number of nitrogens with zero attached hydrogens (tertiary/aromatic N) is 2. The Kier molecular flexibility index (Phi) is 4.28. The van der Waals surface area contributed by atoms with Gasteiger partial charge in [-0.3, -0.25) is 4.79 Å². The van der Waals surface area contributed by atoms with Gasteiger partial charge in [0.25, 0.3) is 0 Å². The third-order valence-corrected chi connectivity index (χ3v) is 4.57. The first kappa shape index (κ1) is 14.6. The summed E-state index contributed by atoms with van der Waals surface area (Å²) in [6, 6.07) is 5.27. The van der Waals surface area contributed by atoms with Crippen molar-refractivity contribution in [2.24, 2.45) is 0 Å². The van der Waals surface area contributed by atoms with Gasteiger partial charge in [-0.05, 0) is 25.1 Å². The molecule has 0 spiro atoms. The van der Waals surface area contributed by atoms with Crippen molar-refractivity contribution in [3.05, 3.63) is 23.2 Å². The molecule has 112 valence electrons. The maximum atomic E-state index is 12.3. The minimum Gasteiger partial charge on any atom is -0.378 e. The molecule has 1 unspecified atom stereocenters. The van der Waals surface area contributed by atoms with Crippen LogP contribution in [0.25, 0.3) is 10.2 Å². The van der Waals surface area contributed by atoms with Crippen LogP contribution in [-0.2, 0) is 9.53 Å². The quantitative estimate of drug-likeness (QED) is 0.942. The molecule has 0 bridgehead atoms. The van der Waals surface area contributed by atoms with Gasteiger partial charge in [-0.25, -0.2) is 4.98 Å². The number of benzene rings is 1. The Morgan fingerprint density at radius 2 is 2.24 bits per heavy atom. The number of ether oxygens (including phenoxy) is 1. The van der Waals surface area contributed by atoms with Crippen LogP contribution < -0.4 is 5.32 Å². The Hall–Kier alpha value is -1.37. The van der Waals surface area contributed by atoms with E-state index in [9.17, 15) is 4.79 Å². The molecule has 1 saturated heterocycles. The van der Waals surface area contributed by atoms with E-state index in [1.54, 1.807) is 0 Å². The van der Waals surface area contributed by atoms with E-state index >= 15 is 0 Å². The summed E-state index contributed by atoms with van der Waals surface area (Å²) in [6.07, 6.45) is 0. The van der Waals surface area contributed by atoms with Gasteiger partial charge in [0.1, 0.15) is 6.04 Å². The predicted molar refractivity (Wildman–Crippen MR) is 85.1 cm³/mol. The summed E-state index contributed by atoms with van der Waals surface area (Å²) in [6.45, 7) is 4.38. The molecule has 1 aliphatic heterocycles. The van der Waals surface area contributed by atoms with Crippen molar-refractivity contribution < 1.29 is 9.53 Å². The number of rotatable bonds is 3. The summed E-state index contributed by atoms with van der Waals surface area (Å²) < 4.78 is 6.27. The van der Waals surface area contributed by atoms with E-state index in [1.165, 1.54) is 11.3 Å². The minimum atomic E-state index is -0.306. The third-order valence-electron chi connectivity index (χ3n) is 3.38. The zero-order valence-corrected chi connectivity index (χ0v) is 13.2. The molecule has 1 fully saturated rings. The average Bonchev–Trinajstić information content (AvgIpc) is 2.88. The fraction of sp³-hybridized carbons (Fsp3) is 0.429. The fourth-order valence-corrected chi connectivity index (χ4v) is 3.49. The standard InChI is InChI=1S/C14H16ClN3O2S/c1-9(13(19)18-4-6-20-7-5-18)16-14-17-11-3-2-10(15)8-12(11)21-14/h2-3,8-9H,4-7H2,1H3,(H,16,17). The number of anilines is 1. The van der Waals surface area contributed by atoms with Gasteiger partial charge in [0, 0.05) is 18.1 Å². The number of nitrogens with one attached hydrogen (secondary N) is 1. The number of aromatic nitrogens is 1. The minimum absolute atomic E-state index is 0.0792. The van der Waals surface area contributed by atoms with Gasteiger partial charge in [0.05, 0.1) is 23.4 Å². The van der Waals surface area contributed by atoms with Gasteiger partial charge in [-0.2, -0.15) is 0 Å². The van der Waals surface area contributed by atoms with Crippen LogP contribution in [0, 0.1) is 0 Å². The molecule has 2 heterocycles. The van der Waals surface area contributed by atoms with E-state index in [-0.39, 0.29) is 11.9 Å². The van der Waals surface area contributed by atoms with E-state index in [1.807, 2.05) is 30.0 Å². The van der Waals surface area contributed by atoms with Crippen molar-refractivity contribution in [2.45, 2.75) is 13.0 Å². The number of halogens is 1. The maximum Gasteiger partial charge on any atom is 0.244 e. The Bertz CT molecular complexity index is 655. The highest BCUT2D eigenvalue weighted by molar-refractivity contribution is 7.22. The second-order valence-electron chi connectivity index (χ2n) is 4.93. The highest BCUT2D eigenvalue weighted by Gasteiger charge is 2.23. The molecule has 1 aliphatic rings. The van der Waals surface area contributed by atoms with Gasteiger partial charge in [0.2, 0.25) is 5.91 Å². The Balaban J connectivity index is 1.70. The van der Waals surface area contributed by atoms with Crippen LogP contribution in [0.4, 0.5) is 5.13 Å². The third kappa shape index (κ3) is 3.28. The highest BCUT2D eigenvalue weighted by atomic mass is 35.5. The van der Waals surface area contributed by atoms with Crippen LogP contribution in [0.2, 0.25) is 5.02 Å². The van der Waals surface area contributed by atoms with Crippen molar-refractivity contribution in [3.63, 3.8) is 0 Å². The van der Waals surface area contributed by atoms with Crippen molar-refractivity contribution >= 4 is 44.2 Å². The first-order valence-electron chi connectivity index (χ1n) is 6.82. The molecule has 1 amide bonds. The molecule has 0 radical (unpaired) electrons. The molecule has 1 atom stereocenters. The molecular weight excluding hydrogens is 310 g/mol. The number of fused-ring (bicyclic) bond motifs is 1. The molecule has 2 aromatic rings. The van der Waals surface area contributed by atoms with Gasteiger partial charge in [-0.1, -0.05) is 22.9 Å². The van der Waals surface area contributed by atoms with Crippen LogP contribution in [0.15, 0.2) is 18.2 Å². The zero-order chi connectivity index (χ0) is 14.8. The van der Waals surface area contributed by atoms with Gasteiger partial charge in [0.15, 0.2) is 5.13 Å². The Morgan fingerprint density at radius 3 is 3.00 bits per heavy atom. The number of thiazole rings is 1. The molecule has 0 saturated carbocycles. The first-order chi connectivity index (χ1) is 10.1. The summed E-state index contributed by atoms with van der Waals surface area (Å²) in [4.78, 5) is 18.6. The van der Waals surface area contributed by atoms with Crippen LogP contribution in [0.3, 0.4) is 0 Å². The number of amides is 1. The molecule has 1 N–H and O–H groups in total. The lowest BCUT2D eigenvalue weighted by atomic mass is 10.2. The maximum absolute atomic E-state index is 12.3. The molecule has 1 aromatic carbocycles. The van der Waals surface area contributed by atoms with E-state index < -0.39 is 0 Å². The first-order valence-corrected chi connectivity index (χ1v) is 8.02. The largest absolute Gasteiger partial charge is 0.378 e. The number of hydrogen-bond donors (Lipinski definition) is 1. The number of morpholine rings is 1. The predicted octanol–water partition coefficient (Wildman–Crippen LogP) is 2.61. The van der Waals surface area contributed by atoms with E-state index in [2.05, 4.69) is 10.3 Å². The lowest BCUT2D eigenvalue weighted by Gasteiger charge is -2.29. The topological polar surface area (TPSA) is 54.5 Å². The summed E-state index contributed by atoms with van der Waals surface area (Å²) >= 11 is 7.47. The van der Waals surface area contributed by atoms with Gasteiger partial charge in [-0.15, -0.1) is 0 Å². The smallest absolute Gasteiger partial charge is 0.244 e. The van der Waals surface area contributed by atoms with Gasteiger partial charge < -0.3 is 15.0 Å². The number of carbonyl (C=O) groups excluding carboxylic acids is 1. The van der Waals surface area contributed by atoms with E-state index in [0.29, 0.717) is 31.3 Å². The SMILES string of the molecule is CC(Nc1nc2ccc(Cl)cc2s1)C(=O)N1CCOCC1. The summed E-state index contributed by atoms with van der Waals surface area (Å²) in [5.41, 5.74) is 0.887. The van der Waals surface area contributed by atoms with Gasteiger partial charge >= 0.3 is 0 Å². The zero-order valence-electron chi connectivity index (χ0n) is 11.6. The second-order valence-corrected chi connectivity index (χ2v) is 6.40. The second kappa shape index (κ2) is 6.17. The lowest BCUT2D eigenvalue weighted by molar-refractivity contribution is -0.135. The van der Waals surface area contributed by atoms with Crippen molar-refractivity contribution in [2.75, 3.05) is 31.6 Å².